The molecule has 0 saturated carbocycles. The molecule has 0 spiro atoms. The van der Waals surface area contributed by atoms with Crippen LogP contribution in [0.25, 0.3) is 0 Å². The Morgan fingerprint density at radius 1 is 1.46 bits per heavy atom. The molecule has 0 radical (unpaired) electrons. The van der Waals surface area contributed by atoms with Crippen molar-refractivity contribution in [2.75, 3.05) is 14.1 Å². The van der Waals surface area contributed by atoms with Crippen LogP contribution >= 0.6 is 15.9 Å². The predicted molar refractivity (Wildman–Crippen MR) is 52.1 cm³/mol. The summed E-state index contributed by atoms with van der Waals surface area (Å²) in [6.45, 7) is 0. The maximum Gasteiger partial charge on any atom is 0.254 e. The lowest BCUT2D eigenvalue weighted by atomic mass is 10.2. The first-order valence-corrected chi connectivity index (χ1v) is 4.49. The zero-order chi connectivity index (χ0) is 10.0. The van der Waals surface area contributed by atoms with E-state index in [1.807, 2.05) is 0 Å². The summed E-state index contributed by atoms with van der Waals surface area (Å²) in [7, 11) is 3.25. The van der Waals surface area contributed by atoms with Gasteiger partial charge in [-0.05, 0) is 28.1 Å². The number of carbonyl (C=O) groups is 1. The fourth-order valence-electron chi connectivity index (χ4n) is 0.910. The molecule has 0 aliphatic carbocycles. The topological polar surface area (TPSA) is 20.3 Å². The van der Waals surface area contributed by atoms with Gasteiger partial charge in [0, 0.05) is 14.1 Å². The van der Waals surface area contributed by atoms with Crippen LogP contribution in [0.4, 0.5) is 4.39 Å². The number of hydrogen-bond acceptors (Lipinski definition) is 1. The molecule has 0 atom stereocenters. The van der Waals surface area contributed by atoms with Gasteiger partial charge in [0.05, 0.1) is 10.0 Å². The van der Waals surface area contributed by atoms with E-state index in [1.54, 1.807) is 20.2 Å². The second-order valence-electron chi connectivity index (χ2n) is 2.80. The molecular weight excluding hydrogens is 237 g/mol. The number of halogens is 2. The number of carbonyl (C=O) groups excluding carboxylic acids is 1. The van der Waals surface area contributed by atoms with E-state index in [4.69, 9.17) is 0 Å². The van der Waals surface area contributed by atoms with Gasteiger partial charge >= 0.3 is 0 Å². The van der Waals surface area contributed by atoms with E-state index in [1.165, 1.54) is 17.0 Å². The highest BCUT2D eigenvalue weighted by molar-refractivity contribution is 9.10. The molecule has 0 aromatic heterocycles. The Balaban J connectivity index is 3.15. The molecule has 0 saturated heterocycles. The van der Waals surface area contributed by atoms with E-state index in [2.05, 4.69) is 15.9 Å². The summed E-state index contributed by atoms with van der Waals surface area (Å²) in [4.78, 5) is 12.8. The summed E-state index contributed by atoms with van der Waals surface area (Å²) < 4.78 is 13.2. The molecule has 0 aliphatic heterocycles. The number of nitrogens with zero attached hydrogens (tertiary/aromatic N) is 1. The van der Waals surface area contributed by atoms with Gasteiger partial charge in [0.25, 0.3) is 5.91 Å². The molecular formula is C9H9BrFNO. The van der Waals surface area contributed by atoms with Crippen molar-refractivity contribution in [2.45, 2.75) is 0 Å². The normalized spacial score (nSPS) is 9.85. The zero-order valence-electron chi connectivity index (χ0n) is 7.34. The van der Waals surface area contributed by atoms with Crippen molar-refractivity contribution in [2.24, 2.45) is 0 Å². The van der Waals surface area contributed by atoms with E-state index < -0.39 is 5.82 Å². The van der Waals surface area contributed by atoms with Crippen LogP contribution in [0, 0.1) is 5.82 Å². The average Bonchev–Trinajstić information content (AvgIpc) is 2.08. The van der Waals surface area contributed by atoms with Gasteiger partial charge in [-0.3, -0.25) is 4.79 Å². The summed E-state index contributed by atoms with van der Waals surface area (Å²) in [6.07, 6.45) is 0. The van der Waals surface area contributed by atoms with Gasteiger partial charge in [0.1, 0.15) is 5.82 Å². The van der Waals surface area contributed by atoms with Crippen molar-refractivity contribution in [3.05, 3.63) is 34.1 Å². The van der Waals surface area contributed by atoms with Gasteiger partial charge in [-0.2, -0.15) is 0 Å². The van der Waals surface area contributed by atoms with Gasteiger partial charge < -0.3 is 4.90 Å². The Morgan fingerprint density at radius 3 is 2.62 bits per heavy atom. The fraction of sp³-hybridized carbons (Fsp3) is 0.222. The first kappa shape index (κ1) is 10.2. The molecule has 1 aromatic rings. The molecule has 1 amide bonds. The molecule has 0 heterocycles. The lowest BCUT2D eigenvalue weighted by Gasteiger charge is -2.11. The average molecular weight is 246 g/mol. The number of amides is 1. The highest BCUT2D eigenvalue weighted by atomic mass is 79.9. The summed E-state index contributed by atoms with van der Waals surface area (Å²) in [5.41, 5.74) is 0.338. The first-order chi connectivity index (χ1) is 6.04. The summed E-state index contributed by atoms with van der Waals surface area (Å²) in [5.74, 6) is -0.640. The van der Waals surface area contributed by atoms with Crippen molar-refractivity contribution in [3.8, 4) is 0 Å². The van der Waals surface area contributed by atoms with Gasteiger partial charge in [0.15, 0.2) is 0 Å². The van der Waals surface area contributed by atoms with Crippen LogP contribution in [0.3, 0.4) is 0 Å². The van der Waals surface area contributed by atoms with E-state index in [9.17, 15) is 9.18 Å². The highest BCUT2D eigenvalue weighted by Crippen LogP contribution is 2.21. The predicted octanol–water partition coefficient (Wildman–Crippen LogP) is 2.29. The third-order valence-electron chi connectivity index (χ3n) is 1.59. The quantitative estimate of drug-likeness (QED) is 0.744. The summed E-state index contributed by atoms with van der Waals surface area (Å²) >= 11 is 3.03. The van der Waals surface area contributed by atoms with Gasteiger partial charge in [-0.15, -0.1) is 0 Å². The maximum absolute atomic E-state index is 13.0. The van der Waals surface area contributed by atoms with Crippen molar-refractivity contribution in [3.63, 3.8) is 0 Å². The van der Waals surface area contributed by atoms with E-state index in [0.29, 0.717) is 5.56 Å². The Labute approximate surface area is 84.5 Å². The summed E-state index contributed by atoms with van der Waals surface area (Å²) in [5, 5.41) is 0. The highest BCUT2D eigenvalue weighted by Gasteiger charge is 2.13. The first-order valence-electron chi connectivity index (χ1n) is 3.69. The zero-order valence-corrected chi connectivity index (χ0v) is 8.93. The molecule has 0 fully saturated rings. The van der Waals surface area contributed by atoms with Gasteiger partial charge in [-0.25, -0.2) is 4.39 Å². The van der Waals surface area contributed by atoms with Crippen LogP contribution in [-0.2, 0) is 0 Å². The van der Waals surface area contributed by atoms with Gasteiger partial charge in [0.2, 0.25) is 0 Å². The smallest absolute Gasteiger partial charge is 0.254 e. The van der Waals surface area contributed by atoms with Crippen LogP contribution in [0.15, 0.2) is 22.7 Å². The van der Waals surface area contributed by atoms with Crippen molar-refractivity contribution in [1.82, 2.24) is 4.90 Å². The van der Waals surface area contributed by atoms with Crippen LogP contribution in [0.5, 0.6) is 0 Å². The Kier molecular flexibility index (Phi) is 3.03. The molecule has 1 aromatic carbocycles. The second kappa shape index (κ2) is 3.87. The fourth-order valence-corrected chi connectivity index (χ4v) is 1.34. The number of hydrogen-bond donors (Lipinski definition) is 0. The molecule has 13 heavy (non-hydrogen) atoms. The molecule has 0 aliphatic rings. The van der Waals surface area contributed by atoms with Crippen molar-refractivity contribution < 1.29 is 9.18 Å². The molecule has 0 bridgehead atoms. The molecule has 70 valence electrons. The van der Waals surface area contributed by atoms with Crippen LogP contribution < -0.4 is 0 Å². The Hall–Kier alpha value is -0.900. The molecule has 2 nitrogen and oxygen atoms in total. The monoisotopic (exact) mass is 245 g/mol. The van der Waals surface area contributed by atoms with Crippen LogP contribution in [0.2, 0.25) is 0 Å². The minimum Gasteiger partial charge on any atom is -0.345 e. The molecule has 1 rings (SSSR count). The van der Waals surface area contributed by atoms with Crippen LogP contribution in [-0.4, -0.2) is 24.9 Å². The molecule has 4 heteroatoms. The SMILES string of the molecule is CN(C)C(=O)c1cccc(F)c1Br. The largest absolute Gasteiger partial charge is 0.345 e. The molecule has 0 N–H and O–H groups in total. The van der Waals surface area contributed by atoms with E-state index in [-0.39, 0.29) is 10.4 Å². The minimum absolute atomic E-state index is 0.216. The maximum atomic E-state index is 13.0. The second-order valence-corrected chi connectivity index (χ2v) is 3.59. The lowest BCUT2D eigenvalue weighted by molar-refractivity contribution is 0.0826. The minimum atomic E-state index is -0.423. The summed E-state index contributed by atoms with van der Waals surface area (Å²) in [6, 6.07) is 4.39. The standard InChI is InChI=1S/C9H9BrFNO/c1-12(2)9(13)6-4-3-5-7(11)8(6)10/h3-5H,1-2H3. The number of benzene rings is 1. The van der Waals surface area contributed by atoms with Crippen LogP contribution in [0.1, 0.15) is 10.4 Å². The van der Waals surface area contributed by atoms with E-state index >= 15 is 0 Å². The molecule has 0 unspecified atom stereocenters. The number of rotatable bonds is 1. The Bertz CT molecular complexity index is 338. The van der Waals surface area contributed by atoms with E-state index in [0.717, 1.165) is 0 Å². The third kappa shape index (κ3) is 2.06. The van der Waals surface area contributed by atoms with Crippen molar-refractivity contribution >= 4 is 21.8 Å². The third-order valence-corrected chi connectivity index (χ3v) is 2.39. The van der Waals surface area contributed by atoms with Gasteiger partial charge in [-0.1, -0.05) is 6.07 Å². The lowest BCUT2D eigenvalue weighted by Crippen LogP contribution is -2.22. The Morgan fingerprint density at radius 2 is 2.08 bits per heavy atom. The van der Waals surface area contributed by atoms with Crippen molar-refractivity contribution in [1.29, 1.82) is 0 Å².